The van der Waals surface area contributed by atoms with Gasteiger partial charge in [0.1, 0.15) is 24.1 Å². The number of hydrogen-bond donors (Lipinski definition) is 2. The molecule has 0 radical (unpaired) electrons. The smallest absolute Gasteiger partial charge is 0.323 e. The summed E-state index contributed by atoms with van der Waals surface area (Å²) in [7, 11) is 1.37. The van der Waals surface area contributed by atoms with Crippen molar-refractivity contribution in [3.63, 3.8) is 0 Å². The second-order valence-electron chi connectivity index (χ2n) is 8.37. The molecule has 0 aliphatic carbocycles. The van der Waals surface area contributed by atoms with Crippen molar-refractivity contribution in [1.82, 2.24) is 5.32 Å². The van der Waals surface area contributed by atoms with E-state index in [4.69, 9.17) is 37.4 Å². The van der Waals surface area contributed by atoms with Crippen LogP contribution in [-0.4, -0.2) is 25.0 Å². The number of ether oxygens (including phenoxy) is 3. The highest BCUT2D eigenvalue weighted by molar-refractivity contribution is 6.42. The van der Waals surface area contributed by atoms with Crippen LogP contribution in [0.4, 0.5) is 5.69 Å². The maximum Gasteiger partial charge on any atom is 0.323 e. The van der Waals surface area contributed by atoms with E-state index in [-0.39, 0.29) is 24.3 Å². The lowest BCUT2D eigenvalue weighted by atomic mass is 9.94. The van der Waals surface area contributed by atoms with Crippen molar-refractivity contribution in [2.75, 3.05) is 12.4 Å². The molecule has 5 rings (SSSR count). The van der Waals surface area contributed by atoms with E-state index < -0.39 is 12.1 Å². The molecule has 7 nitrogen and oxygen atoms in total. The number of methoxy groups -OCH3 is 1. The Balaban J connectivity index is 0.00000304. The van der Waals surface area contributed by atoms with Crippen molar-refractivity contribution in [1.29, 1.82) is 0 Å². The van der Waals surface area contributed by atoms with Gasteiger partial charge in [-0.25, -0.2) is 0 Å². The first kappa shape index (κ1) is 26.1. The van der Waals surface area contributed by atoms with Crippen LogP contribution in [0.2, 0.25) is 10.0 Å². The molecular weight excluding hydrogens is 527 g/mol. The first-order valence-electron chi connectivity index (χ1n) is 11.0. The van der Waals surface area contributed by atoms with Crippen molar-refractivity contribution < 1.29 is 23.8 Å². The monoisotopic (exact) mass is 548 g/mol. The Labute approximate surface area is 224 Å². The molecule has 0 spiro atoms. The highest BCUT2D eigenvalue weighted by Crippen LogP contribution is 2.38. The highest BCUT2D eigenvalue weighted by atomic mass is 35.5. The van der Waals surface area contributed by atoms with Crippen LogP contribution in [0, 0.1) is 0 Å². The maximum absolute atomic E-state index is 12.8. The molecule has 36 heavy (non-hydrogen) atoms. The molecular formula is C26H23Cl3N2O5. The first-order chi connectivity index (χ1) is 16.9. The number of anilines is 1. The highest BCUT2D eigenvalue weighted by Gasteiger charge is 2.32. The summed E-state index contributed by atoms with van der Waals surface area (Å²) in [5.74, 6) is 0.668. The van der Waals surface area contributed by atoms with Gasteiger partial charge < -0.3 is 24.8 Å². The summed E-state index contributed by atoms with van der Waals surface area (Å²) in [6, 6.07) is 15.9. The van der Waals surface area contributed by atoms with E-state index in [0.717, 1.165) is 16.7 Å². The zero-order chi connectivity index (χ0) is 24.5. The molecule has 2 aliphatic heterocycles. The largest absolute Gasteiger partial charge is 0.489 e. The lowest BCUT2D eigenvalue weighted by Gasteiger charge is -2.30. The lowest BCUT2D eigenvalue weighted by molar-refractivity contribution is -0.143. The fourth-order valence-electron chi connectivity index (χ4n) is 4.18. The van der Waals surface area contributed by atoms with Gasteiger partial charge in [-0.05, 0) is 59.5 Å². The molecule has 2 aliphatic rings. The van der Waals surface area contributed by atoms with E-state index in [2.05, 4.69) is 10.6 Å². The van der Waals surface area contributed by atoms with Gasteiger partial charge in [0.2, 0.25) is 6.10 Å². The van der Waals surface area contributed by atoms with Crippen molar-refractivity contribution in [2.24, 2.45) is 0 Å². The molecule has 0 saturated heterocycles. The fraction of sp³-hybridized carbons (Fsp3) is 0.231. The molecule has 0 aromatic heterocycles. The van der Waals surface area contributed by atoms with Crippen LogP contribution in [0.1, 0.15) is 28.4 Å². The van der Waals surface area contributed by atoms with E-state index in [1.807, 2.05) is 18.2 Å². The Morgan fingerprint density at radius 1 is 1.06 bits per heavy atom. The summed E-state index contributed by atoms with van der Waals surface area (Å²) in [6.07, 6.45) is -0.304. The number of carbonyl (C=O) groups is 2. The predicted octanol–water partition coefficient (Wildman–Crippen LogP) is 5.25. The molecule has 0 bridgehead atoms. The summed E-state index contributed by atoms with van der Waals surface area (Å²) < 4.78 is 16.7. The summed E-state index contributed by atoms with van der Waals surface area (Å²) in [4.78, 5) is 24.7. The van der Waals surface area contributed by atoms with Crippen LogP contribution in [0.25, 0.3) is 0 Å². The van der Waals surface area contributed by atoms with Crippen molar-refractivity contribution in [3.05, 3.63) is 86.9 Å². The molecule has 0 fully saturated rings. The van der Waals surface area contributed by atoms with E-state index >= 15 is 0 Å². The van der Waals surface area contributed by atoms with Gasteiger partial charge in [-0.2, -0.15) is 0 Å². The minimum absolute atomic E-state index is 0. The minimum atomic E-state index is -0.788. The molecule has 2 N–H and O–H groups in total. The number of esters is 1. The second-order valence-corrected chi connectivity index (χ2v) is 9.19. The fourth-order valence-corrected chi connectivity index (χ4v) is 4.50. The Morgan fingerprint density at radius 3 is 2.56 bits per heavy atom. The molecule has 1 amide bonds. The number of hydrogen-bond acceptors (Lipinski definition) is 6. The Hall–Kier alpha value is -2.97. The SMILES string of the molecule is COC(=O)C1Cc2cc3c(cc2CN1)O[C@@H](c1ccc(OCc2ccc(Cl)c(Cl)c2)cc1)C(=O)N3.Cl. The number of fused-ring (bicyclic) bond motifs is 2. The first-order valence-corrected chi connectivity index (χ1v) is 11.8. The Kier molecular flexibility index (Phi) is 7.95. The van der Waals surface area contributed by atoms with E-state index in [9.17, 15) is 9.59 Å². The zero-order valence-corrected chi connectivity index (χ0v) is 21.5. The van der Waals surface area contributed by atoms with E-state index in [0.29, 0.717) is 52.4 Å². The average Bonchev–Trinajstić information content (AvgIpc) is 2.87. The lowest BCUT2D eigenvalue weighted by Crippen LogP contribution is -2.42. The van der Waals surface area contributed by atoms with Gasteiger partial charge in [0.25, 0.3) is 5.91 Å². The Morgan fingerprint density at radius 2 is 1.83 bits per heavy atom. The predicted molar refractivity (Wildman–Crippen MR) is 139 cm³/mol. The number of halogens is 3. The quantitative estimate of drug-likeness (QED) is 0.423. The van der Waals surface area contributed by atoms with Gasteiger partial charge in [-0.3, -0.25) is 9.59 Å². The van der Waals surface area contributed by atoms with E-state index in [1.54, 1.807) is 36.4 Å². The van der Waals surface area contributed by atoms with Crippen LogP contribution >= 0.6 is 35.6 Å². The Bertz CT molecular complexity index is 1300. The third-order valence-corrected chi connectivity index (χ3v) is 6.80. The van der Waals surface area contributed by atoms with E-state index in [1.165, 1.54) is 7.11 Å². The topological polar surface area (TPSA) is 85.9 Å². The number of carbonyl (C=O) groups excluding carboxylic acids is 2. The van der Waals surface area contributed by atoms with Gasteiger partial charge in [0.15, 0.2) is 0 Å². The molecule has 3 aromatic carbocycles. The van der Waals surface area contributed by atoms with Gasteiger partial charge >= 0.3 is 5.97 Å². The molecule has 0 saturated carbocycles. The summed E-state index contributed by atoms with van der Waals surface area (Å²) >= 11 is 12.0. The molecule has 1 unspecified atom stereocenters. The minimum Gasteiger partial charge on any atom is -0.489 e. The van der Waals surface area contributed by atoms with Crippen LogP contribution < -0.4 is 20.1 Å². The molecule has 188 valence electrons. The second kappa shape index (κ2) is 11.0. The third kappa shape index (κ3) is 5.39. The van der Waals surface area contributed by atoms with Gasteiger partial charge in [0, 0.05) is 12.1 Å². The van der Waals surface area contributed by atoms with Crippen molar-refractivity contribution in [3.8, 4) is 11.5 Å². The summed E-state index contributed by atoms with van der Waals surface area (Å²) in [6.45, 7) is 0.842. The normalized spacial score (nSPS) is 18.0. The van der Waals surface area contributed by atoms with Gasteiger partial charge in [-0.15, -0.1) is 12.4 Å². The number of rotatable bonds is 5. The third-order valence-electron chi connectivity index (χ3n) is 6.06. The number of nitrogens with one attached hydrogen (secondary N) is 2. The molecule has 3 aromatic rings. The molecule has 10 heteroatoms. The van der Waals surface area contributed by atoms with Gasteiger partial charge in [-0.1, -0.05) is 41.4 Å². The molecule has 2 atom stereocenters. The zero-order valence-electron chi connectivity index (χ0n) is 19.2. The van der Waals surface area contributed by atoms with Crippen LogP contribution in [0.15, 0.2) is 54.6 Å². The number of amides is 1. The standard InChI is InChI=1S/C26H22Cl2N2O5.ClH/c1-33-26(32)22-10-16-9-21-23(11-17(16)12-29-22)35-24(25(31)30-21)15-3-5-18(6-4-15)34-13-14-2-7-19(27)20(28)8-14;/h2-9,11,22,24,29H,10,12-13H2,1H3,(H,30,31);1H/t22?,24-;/m0./s1. The summed E-state index contributed by atoms with van der Waals surface area (Å²) in [5.41, 5.74) is 4.19. The van der Waals surface area contributed by atoms with Crippen LogP contribution in [0.5, 0.6) is 11.5 Å². The summed E-state index contributed by atoms with van der Waals surface area (Å²) in [5, 5.41) is 7.08. The average molecular weight is 550 g/mol. The maximum atomic E-state index is 12.8. The van der Waals surface area contributed by atoms with Crippen molar-refractivity contribution >= 4 is 53.2 Å². The van der Waals surface area contributed by atoms with Gasteiger partial charge in [0.05, 0.1) is 22.8 Å². The van der Waals surface area contributed by atoms with Crippen molar-refractivity contribution in [2.45, 2.75) is 31.7 Å². The van der Waals surface area contributed by atoms with Crippen LogP contribution in [-0.2, 0) is 33.9 Å². The number of benzene rings is 3. The molecule has 2 heterocycles. The van der Waals surface area contributed by atoms with Crippen LogP contribution in [0.3, 0.4) is 0 Å².